The summed E-state index contributed by atoms with van der Waals surface area (Å²) in [5, 5.41) is 3.47. The van der Waals surface area contributed by atoms with Crippen molar-refractivity contribution in [2.24, 2.45) is 11.3 Å². The fraction of sp³-hybridized carbons (Fsp3) is 0.923. The summed E-state index contributed by atoms with van der Waals surface area (Å²) in [5.41, 5.74) is 0.575. The molecule has 1 heterocycles. The molecular formula is C13H23NO2. The van der Waals surface area contributed by atoms with Crippen molar-refractivity contribution in [1.29, 1.82) is 0 Å². The van der Waals surface area contributed by atoms with Crippen LogP contribution in [0.5, 0.6) is 0 Å². The summed E-state index contributed by atoms with van der Waals surface area (Å²) in [4.78, 5) is 11.4. The summed E-state index contributed by atoms with van der Waals surface area (Å²) in [6.07, 6.45) is 6.98. The third kappa shape index (κ3) is 2.76. The van der Waals surface area contributed by atoms with Crippen LogP contribution in [-0.2, 0) is 9.53 Å². The van der Waals surface area contributed by atoms with Gasteiger partial charge in [-0.2, -0.15) is 0 Å². The highest BCUT2D eigenvalue weighted by Gasteiger charge is 2.37. The zero-order chi connectivity index (χ0) is 11.4. The smallest absolute Gasteiger partial charge is 0.306 e. The highest BCUT2D eigenvalue weighted by Crippen LogP contribution is 2.43. The van der Waals surface area contributed by atoms with E-state index in [1.807, 2.05) is 6.92 Å². The number of nitrogens with one attached hydrogen (secondary N) is 1. The molecule has 1 aliphatic carbocycles. The number of carbonyl (C=O) groups is 1. The fourth-order valence-corrected chi connectivity index (χ4v) is 3.17. The maximum atomic E-state index is 11.4. The Hall–Kier alpha value is -0.570. The Labute approximate surface area is 97.9 Å². The normalized spacial score (nSPS) is 34.2. The number of rotatable bonds is 3. The Morgan fingerprint density at radius 3 is 2.69 bits per heavy atom. The zero-order valence-electron chi connectivity index (χ0n) is 10.3. The summed E-state index contributed by atoms with van der Waals surface area (Å²) >= 11 is 0. The lowest BCUT2D eigenvalue weighted by Crippen LogP contribution is -2.30. The van der Waals surface area contributed by atoms with Gasteiger partial charge in [-0.15, -0.1) is 0 Å². The fourth-order valence-electron chi connectivity index (χ4n) is 3.17. The van der Waals surface area contributed by atoms with Crippen molar-refractivity contribution in [3.63, 3.8) is 0 Å². The van der Waals surface area contributed by atoms with Crippen molar-refractivity contribution in [2.75, 3.05) is 19.7 Å². The molecule has 0 amide bonds. The standard InChI is InChI=1S/C13H23NO2/c1-2-16-12(15)9-11-3-5-13(6-4-11)7-8-14-10-13/h11,14H,2-10H2,1H3. The van der Waals surface area contributed by atoms with Crippen molar-refractivity contribution in [3.05, 3.63) is 0 Å². The highest BCUT2D eigenvalue weighted by atomic mass is 16.5. The van der Waals surface area contributed by atoms with E-state index in [0.29, 0.717) is 24.4 Å². The first-order valence-corrected chi connectivity index (χ1v) is 6.60. The van der Waals surface area contributed by atoms with Crippen molar-refractivity contribution < 1.29 is 9.53 Å². The number of esters is 1. The Morgan fingerprint density at radius 1 is 1.38 bits per heavy atom. The van der Waals surface area contributed by atoms with Crippen LogP contribution in [0.25, 0.3) is 0 Å². The van der Waals surface area contributed by atoms with Gasteiger partial charge in [-0.3, -0.25) is 4.79 Å². The van der Waals surface area contributed by atoms with Gasteiger partial charge in [0, 0.05) is 13.0 Å². The molecule has 2 fully saturated rings. The summed E-state index contributed by atoms with van der Waals surface area (Å²) in [7, 11) is 0. The molecule has 0 radical (unpaired) electrons. The van der Waals surface area contributed by atoms with E-state index in [4.69, 9.17) is 4.74 Å². The SMILES string of the molecule is CCOC(=O)CC1CCC2(CCNC2)CC1. The van der Waals surface area contributed by atoms with Gasteiger partial charge in [0.25, 0.3) is 0 Å². The molecule has 0 aromatic rings. The Balaban J connectivity index is 1.74. The third-order valence-corrected chi connectivity index (χ3v) is 4.26. The molecule has 16 heavy (non-hydrogen) atoms. The highest BCUT2D eigenvalue weighted by molar-refractivity contribution is 5.69. The second-order valence-electron chi connectivity index (χ2n) is 5.38. The van der Waals surface area contributed by atoms with Crippen LogP contribution in [0.2, 0.25) is 0 Å². The second kappa shape index (κ2) is 5.17. The predicted octanol–water partition coefficient (Wildman–Crippen LogP) is 2.11. The molecule has 1 saturated carbocycles. The first-order valence-electron chi connectivity index (χ1n) is 6.60. The number of hydrogen-bond acceptors (Lipinski definition) is 3. The lowest BCUT2D eigenvalue weighted by Gasteiger charge is -2.36. The quantitative estimate of drug-likeness (QED) is 0.748. The molecule has 0 bridgehead atoms. The predicted molar refractivity (Wildman–Crippen MR) is 63.1 cm³/mol. The van der Waals surface area contributed by atoms with E-state index < -0.39 is 0 Å². The van der Waals surface area contributed by atoms with Crippen LogP contribution in [-0.4, -0.2) is 25.7 Å². The van der Waals surface area contributed by atoms with E-state index in [1.165, 1.54) is 45.2 Å². The Morgan fingerprint density at radius 2 is 2.12 bits per heavy atom. The number of carbonyl (C=O) groups excluding carboxylic acids is 1. The van der Waals surface area contributed by atoms with Gasteiger partial charge >= 0.3 is 5.97 Å². The summed E-state index contributed by atoms with van der Waals surface area (Å²) in [5.74, 6) is 0.568. The monoisotopic (exact) mass is 225 g/mol. The molecule has 1 aliphatic heterocycles. The largest absolute Gasteiger partial charge is 0.466 e. The topological polar surface area (TPSA) is 38.3 Å². The third-order valence-electron chi connectivity index (χ3n) is 4.26. The van der Waals surface area contributed by atoms with E-state index in [1.54, 1.807) is 0 Å². The first kappa shape index (κ1) is 11.9. The van der Waals surface area contributed by atoms with Gasteiger partial charge in [-0.1, -0.05) is 0 Å². The Bertz CT molecular complexity index is 236. The molecule has 1 spiro atoms. The molecule has 0 unspecified atom stereocenters. The van der Waals surface area contributed by atoms with Gasteiger partial charge < -0.3 is 10.1 Å². The first-order chi connectivity index (χ1) is 7.74. The van der Waals surface area contributed by atoms with E-state index in [2.05, 4.69) is 5.32 Å². The van der Waals surface area contributed by atoms with Gasteiger partial charge in [0.2, 0.25) is 0 Å². The van der Waals surface area contributed by atoms with E-state index in [0.717, 1.165) is 0 Å². The minimum atomic E-state index is -0.00648. The summed E-state index contributed by atoms with van der Waals surface area (Å²) < 4.78 is 5.01. The molecule has 1 N–H and O–H groups in total. The van der Waals surface area contributed by atoms with Crippen LogP contribution in [0.4, 0.5) is 0 Å². The van der Waals surface area contributed by atoms with E-state index in [-0.39, 0.29) is 5.97 Å². The molecule has 2 aliphatic rings. The van der Waals surface area contributed by atoms with Gasteiger partial charge in [0.15, 0.2) is 0 Å². The van der Waals surface area contributed by atoms with Crippen LogP contribution in [0.1, 0.15) is 45.4 Å². The van der Waals surface area contributed by atoms with Crippen LogP contribution < -0.4 is 5.32 Å². The van der Waals surface area contributed by atoms with Crippen molar-refractivity contribution in [1.82, 2.24) is 5.32 Å². The average Bonchev–Trinajstić information content (AvgIpc) is 2.71. The minimum Gasteiger partial charge on any atom is -0.466 e. The molecule has 3 nitrogen and oxygen atoms in total. The van der Waals surface area contributed by atoms with Gasteiger partial charge in [-0.25, -0.2) is 0 Å². The van der Waals surface area contributed by atoms with Crippen LogP contribution in [0.3, 0.4) is 0 Å². The van der Waals surface area contributed by atoms with Crippen molar-refractivity contribution in [3.8, 4) is 0 Å². The van der Waals surface area contributed by atoms with Gasteiger partial charge in [0.1, 0.15) is 0 Å². The number of ether oxygens (including phenoxy) is 1. The average molecular weight is 225 g/mol. The Kier molecular flexibility index (Phi) is 3.85. The summed E-state index contributed by atoms with van der Waals surface area (Å²) in [6.45, 7) is 4.76. The van der Waals surface area contributed by atoms with Crippen molar-refractivity contribution in [2.45, 2.75) is 45.4 Å². The summed E-state index contributed by atoms with van der Waals surface area (Å²) in [6, 6.07) is 0. The molecule has 0 aromatic carbocycles. The second-order valence-corrected chi connectivity index (χ2v) is 5.38. The van der Waals surface area contributed by atoms with E-state index in [9.17, 15) is 4.79 Å². The van der Waals surface area contributed by atoms with Gasteiger partial charge in [-0.05, 0) is 56.9 Å². The van der Waals surface area contributed by atoms with Crippen molar-refractivity contribution >= 4 is 5.97 Å². The zero-order valence-corrected chi connectivity index (χ0v) is 10.3. The molecule has 1 saturated heterocycles. The lowest BCUT2D eigenvalue weighted by atomic mass is 9.69. The van der Waals surface area contributed by atoms with Gasteiger partial charge in [0.05, 0.1) is 6.61 Å². The molecule has 2 rings (SSSR count). The van der Waals surface area contributed by atoms with E-state index >= 15 is 0 Å². The minimum absolute atomic E-state index is 0.00648. The molecule has 0 atom stereocenters. The van der Waals surface area contributed by atoms with Crippen LogP contribution in [0, 0.1) is 11.3 Å². The maximum Gasteiger partial charge on any atom is 0.306 e. The molecule has 92 valence electrons. The molecule has 0 aromatic heterocycles. The molecular weight excluding hydrogens is 202 g/mol. The van der Waals surface area contributed by atoms with Crippen LogP contribution in [0.15, 0.2) is 0 Å². The maximum absolute atomic E-state index is 11.4. The lowest BCUT2D eigenvalue weighted by molar-refractivity contribution is -0.144. The number of hydrogen-bond donors (Lipinski definition) is 1. The molecule has 3 heteroatoms. The van der Waals surface area contributed by atoms with Crippen LogP contribution >= 0.6 is 0 Å².